The largest absolute Gasteiger partial charge is 0.457 e. The van der Waals surface area contributed by atoms with Gasteiger partial charge in [0, 0.05) is 12.6 Å². The molecular formula is C35H35Cl2N3O5S. The number of carbonyl (C=O) groups excluding carboxylic acids is 2. The van der Waals surface area contributed by atoms with Gasteiger partial charge in [-0.3, -0.25) is 13.9 Å². The molecule has 4 aromatic rings. The third-order valence-corrected chi connectivity index (χ3v) is 10.4. The maximum atomic E-state index is 14.2. The lowest BCUT2D eigenvalue weighted by atomic mass is 10.1. The maximum absolute atomic E-state index is 14.2. The number of hydrogen-bond donors (Lipinski definition) is 1. The molecule has 2 amide bonds. The molecule has 1 aliphatic rings. The van der Waals surface area contributed by atoms with Crippen molar-refractivity contribution >= 4 is 50.7 Å². The van der Waals surface area contributed by atoms with E-state index in [9.17, 15) is 18.0 Å². The summed E-state index contributed by atoms with van der Waals surface area (Å²) in [5.74, 6) is 0.253. The number of para-hydroxylation sites is 1. The van der Waals surface area contributed by atoms with Gasteiger partial charge < -0.3 is 15.0 Å². The molecule has 240 valence electrons. The van der Waals surface area contributed by atoms with Crippen molar-refractivity contribution < 1.29 is 22.7 Å². The van der Waals surface area contributed by atoms with Gasteiger partial charge in [-0.2, -0.15) is 0 Å². The topological polar surface area (TPSA) is 96.0 Å². The second kappa shape index (κ2) is 15.0. The summed E-state index contributed by atoms with van der Waals surface area (Å²) in [6.07, 6.45) is 3.83. The molecule has 1 N–H and O–H groups in total. The third-order valence-electron chi connectivity index (χ3n) is 7.92. The Bertz CT molecular complexity index is 1750. The molecule has 0 heterocycles. The van der Waals surface area contributed by atoms with E-state index < -0.39 is 28.5 Å². The van der Waals surface area contributed by atoms with E-state index in [1.807, 2.05) is 30.3 Å². The van der Waals surface area contributed by atoms with Crippen LogP contribution in [0.5, 0.6) is 11.5 Å². The van der Waals surface area contributed by atoms with Crippen molar-refractivity contribution in [3.63, 3.8) is 0 Å². The number of benzene rings is 4. The Morgan fingerprint density at radius 2 is 1.46 bits per heavy atom. The van der Waals surface area contributed by atoms with Crippen molar-refractivity contribution in [2.75, 3.05) is 10.8 Å². The SMILES string of the molecule is C[C@@H](C(=O)NC1CCCC1)N(Cc1ccc(Cl)c(Cl)c1)C(=O)CN(c1ccc(Oc2ccccc2)cc1)S(=O)(=O)c1ccccc1. The molecule has 0 spiro atoms. The number of halogens is 2. The number of hydrogen-bond acceptors (Lipinski definition) is 5. The Kier molecular flexibility index (Phi) is 10.9. The Hall–Kier alpha value is -4.05. The van der Waals surface area contributed by atoms with Gasteiger partial charge in [0.2, 0.25) is 11.8 Å². The first-order valence-corrected chi connectivity index (χ1v) is 17.3. The highest BCUT2D eigenvalue weighted by atomic mass is 35.5. The van der Waals surface area contributed by atoms with Crippen LogP contribution in [0.3, 0.4) is 0 Å². The molecular weight excluding hydrogens is 645 g/mol. The van der Waals surface area contributed by atoms with E-state index in [4.69, 9.17) is 27.9 Å². The van der Waals surface area contributed by atoms with Crippen LogP contribution in [0.1, 0.15) is 38.2 Å². The van der Waals surface area contributed by atoms with Gasteiger partial charge in [0.1, 0.15) is 24.1 Å². The van der Waals surface area contributed by atoms with E-state index in [2.05, 4.69) is 5.32 Å². The molecule has 11 heteroatoms. The lowest BCUT2D eigenvalue weighted by molar-refractivity contribution is -0.139. The maximum Gasteiger partial charge on any atom is 0.264 e. The number of nitrogens with zero attached hydrogens (tertiary/aromatic N) is 2. The second-order valence-corrected chi connectivity index (χ2v) is 13.8. The number of rotatable bonds is 12. The van der Waals surface area contributed by atoms with E-state index >= 15 is 0 Å². The molecule has 46 heavy (non-hydrogen) atoms. The molecule has 0 aliphatic heterocycles. The van der Waals surface area contributed by atoms with Crippen molar-refractivity contribution in [1.82, 2.24) is 10.2 Å². The molecule has 5 rings (SSSR count). The predicted octanol–water partition coefficient (Wildman–Crippen LogP) is 7.46. The standard InChI is InChI=1S/C35H35Cl2N3O5S/c1-25(35(42)38-27-10-8-9-11-27)39(23-26-16-21-32(36)33(37)22-26)34(41)24-40(46(43,44)31-14-6-3-7-15-31)28-17-19-30(20-18-28)45-29-12-4-2-5-13-29/h2-7,12-22,25,27H,8-11,23-24H2,1H3,(H,38,42)/t25-/m0/s1. The van der Waals surface area contributed by atoms with Crippen LogP contribution >= 0.6 is 23.2 Å². The lowest BCUT2D eigenvalue weighted by Crippen LogP contribution is -2.52. The van der Waals surface area contributed by atoms with E-state index in [0.29, 0.717) is 27.1 Å². The summed E-state index contributed by atoms with van der Waals surface area (Å²) in [6, 6.07) is 27.7. The fraction of sp³-hybridized carbons (Fsp3) is 0.257. The molecule has 0 saturated heterocycles. The summed E-state index contributed by atoms with van der Waals surface area (Å²) in [7, 11) is -4.20. The van der Waals surface area contributed by atoms with E-state index in [1.54, 1.807) is 67.6 Å². The van der Waals surface area contributed by atoms with Gasteiger partial charge in [-0.05, 0) is 86.0 Å². The van der Waals surface area contributed by atoms with E-state index in [0.717, 1.165) is 30.0 Å². The fourth-order valence-electron chi connectivity index (χ4n) is 5.36. The smallest absolute Gasteiger partial charge is 0.264 e. The summed E-state index contributed by atoms with van der Waals surface area (Å²) in [6.45, 7) is 1.10. The van der Waals surface area contributed by atoms with Crippen molar-refractivity contribution in [1.29, 1.82) is 0 Å². The molecule has 8 nitrogen and oxygen atoms in total. The van der Waals surface area contributed by atoms with Gasteiger partial charge in [-0.25, -0.2) is 8.42 Å². The highest BCUT2D eigenvalue weighted by molar-refractivity contribution is 7.92. The van der Waals surface area contributed by atoms with E-state index in [-0.39, 0.29) is 29.1 Å². The highest BCUT2D eigenvalue weighted by Gasteiger charge is 2.33. The normalized spacial score (nSPS) is 14.0. The molecule has 1 fully saturated rings. The molecule has 0 aromatic heterocycles. The number of ether oxygens (including phenoxy) is 1. The first-order chi connectivity index (χ1) is 22.1. The minimum atomic E-state index is -4.20. The van der Waals surface area contributed by atoms with Crippen LogP contribution in [0.4, 0.5) is 5.69 Å². The quantitative estimate of drug-likeness (QED) is 0.168. The van der Waals surface area contributed by atoms with Gasteiger partial charge >= 0.3 is 0 Å². The number of carbonyl (C=O) groups is 2. The van der Waals surface area contributed by atoms with Gasteiger partial charge in [-0.1, -0.05) is 78.5 Å². The summed E-state index contributed by atoms with van der Waals surface area (Å²) in [5, 5.41) is 3.72. The van der Waals surface area contributed by atoms with Crippen molar-refractivity contribution in [2.24, 2.45) is 0 Å². The lowest BCUT2D eigenvalue weighted by Gasteiger charge is -2.32. The van der Waals surface area contributed by atoms with Crippen molar-refractivity contribution in [3.8, 4) is 11.5 Å². The Morgan fingerprint density at radius 1 is 0.848 bits per heavy atom. The number of nitrogens with one attached hydrogen (secondary N) is 1. The van der Waals surface area contributed by atoms with Gasteiger partial charge in [0.05, 0.1) is 20.6 Å². The number of sulfonamides is 1. The molecule has 0 unspecified atom stereocenters. The Labute approximate surface area is 279 Å². The predicted molar refractivity (Wildman–Crippen MR) is 181 cm³/mol. The third kappa shape index (κ3) is 8.20. The monoisotopic (exact) mass is 679 g/mol. The molecule has 4 aromatic carbocycles. The average Bonchev–Trinajstić information content (AvgIpc) is 3.58. The molecule has 1 aliphatic carbocycles. The molecule has 1 atom stereocenters. The van der Waals surface area contributed by atoms with E-state index in [1.165, 1.54) is 17.0 Å². The van der Waals surface area contributed by atoms with Gasteiger partial charge in [0.15, 0.2) is 0 Å². The van der Waals surface area contributed by atoms with Crippen molar-refractivity contribution in [3.05, 3.63) is 119 Å². The first-order valence-electron chi connectivity index (χ1n) is 15.1. The molecule has 1 saturated carbocycles. The van der Waals surface area contributed by atoms with Crippen LogP contribution in [-0.4, -0.2) is 43.8 Å². The minimum absolute atomic E-state index is 0.0120. The van der Waals surface area contributed by atoms with Crippen LogP contribution in [0.15, 0.2) is 108 Å². The summed E-state index contributed by atoms with van der Waals surface area (Å²) < 4.78 is 35.1. The number of amides is 2. The first kappa shape index (κ1) is 33.3. The van der Waals surface area contributed by atoms with Crippen LogP contribution < -0.4 is 14.4 Å². The minimum Gasteiger partial charge on any atom is -0.457 e. The summed E-state index contributed by atoms with van der Waals surface area (Å²) in [5.41, 5.74) is 0.901. The summed E-state index contributed by atoms with van der Waals surface area (Å²) in [4.78, 5) is 29.0. The van der Waals surface area contributed by atoms with Crippen LogP contribution in [-0.2, 0) is 26.2 Å². The zero-order valence-corrected chi connectivity index (χ0v) is 27.6. The Balaban J connectivity index is 1.47. The zero-order chi connectivity index (χ0) is 32.7. The molecule has 0 bridgehead atoms. The van der Waals surface area contributed by atoms with Crippen molar-refractivity contribution in [2.45, 2.75) is 56.1 Å². The van der Waals surface area contributed by atoms with Crippen LogP contribution in [0.2, 0.25) is 10.0 Å². The average molecular weight is 681 g/mol. The number of anilines is 1. The second-order valence-electron chi connectivity index (χ2n) is 11.2. The van der Waals surface area contributed by atoms with Gasteiger partial charge in [0.25, 0.3) is 10.0 Å². The highest BCUT2D eigenvalue weighted by Crippen LogP contribution is 2.29. The molecule has 0 radical (unpaired) electrons. The fourth-order valence-corrected chi connectivity index (χ4v) is 7.12. The Morgan fingerprint density at radius 3 is 2.09 bits per heavy atom. The zero-order valence-electron chi connectivity index (χ0n) is 25.3. The summed E-state index contributed by atoms with van der Waals surface area (Å²) >= 11 is 12.4. The van der Waals surface area contributed by atoms with Crippen LogP contribution in [0.25, 0.3) is 0 Å². The van der Waals surface area contributed by atoms with Gasteiger partial charge in [-0.15, -0.1) is 0 Å². The van der Waals surface area contributed by atoms with Crippen LogP contribution in [0, 0.1) is 0 Å².